The van der Waals surface area contributed by atoms with Crippen LogP contribution in [0.5, 0.6) is 0 Å². The molecule has 0 amide bonds. The Bertz CT molecular complexity index is 368. The number of halogens is 1. The van der Waals surface area contributed by atoms with E-state index in [2.05, 4.69) is 20.3 Å². The number of hydrogen-bond acceptors (Lipinski definition) is 5. The molecule has 0 aliphatic heterocycles. The minimum Gasteiger partial charge on any atom is -0.354 e. The molecule has 1 saturated carbocycles. The van der Waals surface area contributed by atoms with Crippen LogP contribution in [0.3, 0.4) is 0 Å². The van der Waals surface area contributed by atoms with E-state index in [4.69, 9.17) is 11.6 Å². The molecule has 0 spiro atoms. The van der Waals surface area contributed by atoms with Crippen molar-refractivity contribution in [3.63, 3.8) is 0 Å². The number of aromatic nitrogens is 3. The van der Waals surface area contributed by atoms with Crippen LogP contribution in [0.2, 0.25) is 5.28 Å². The van der Waals surface area contributed by atoms with Gasteiger partial charge in [0.25, 0.3) is 0 Å². The third-order valence-electron chi connectivity index (χ3n) is 2.75. The van der Waals surface area contributed by atoms with Crippen LogP contribution >= 0.6 is 23.4 Å². The topological polar surface area (TPSA) is 50.7 Å². The standard InChI is InChI=1S/C11H17ClN4S/c1-2-13-10-14-9(12)15-11(16-10)17-8-6-4-3-5-7-8/h8H,2-7H2,1H3,(H,13,14,15,16). The SMILES string of the molecule is CCNc1nc(Cl)nc(SC2CCCCC2)n1. The van der Waals surface area contributed by atoms with Gasteiger partial charge in [-0.3, -0.25) is 0 Å². The summed E-state index contributed by atoms with van der Waals surface area (Å²) in [7, 11) is 0. The summed E-state index contributed by atoms with van der Waals surface area (Å²) in [6, 6.07) is 0. The molecule has 0 bridgehead atoms. The molecule has 0 aromatic carbocycles. The molecule has 2 rings (SSSR count). The van der Waals surface area contributed by atoms with Crippen LogP contribution in [0.15, 0.2) is 5.16 Å². The van der Waals surface area contributed by atoms with Gasteiger partial charge in [-0.05, 0) is 31.4 Å². The zero-order valence-electron chi connectivity index (χ0n) is 9.95. The lowest BCUT2D eigenvalue weighted by Gasteiger charge is -2.19. The van der Waals surface area contributed by atoms with E-state index in [0.717, 1.165) is 11.7 Å². The van der Waals surface area contributed by atoms with Gasteiger partial charge in [-0.2, -0.15) is 15.0 Å². The first-order valence-corrected chi connectivity index (χ1v) is 7.36. The van der Waals surface area contributed by atoms with Crippen LogP contribution in [0, 0.1) is 0 Å². The Morgan fingerprint density at radius 2 is 2.00 bits per heavy atom. The van der Waals surface area contributed by atoms with Gasteiger partial charge in [0.1, 0.15) is 0 Å². The van der Waals surface area contributed by atoms with Crippen LogP contribution in [-0.2, 0) is 0 Å². The van der Waals surface area contributed by atoms with Crippen molar-refractivity contribution in [3.8, 4) is 0 Å². The van der Waals surface area contributed by atoms with Crippen LogP contribution in [0.25, 0.3) is 0 Å². The highest BCUT2D eigenvalue weighted by molar-refractivity contribution is 7.99. The molecule has 1 aromatic rings. The van der Waals surface area contributed by atoms with Crippen LogP contribution in [0.4, 0.5) is 5.95 Å². The van der Waals surface area contributed by atoms with E-state index in [1.165, 1.54) is 32.1 Å². The fourth-order valence-electron chi connectivity index (χ4n) is 1.95. The van der Waals surface area contributed by atoms with E-state index in [0.29, 0.717) is 11.2 Å². The molecule has 1 aliphatic carbocycles. The smallest absolute Gasteiger partial charge is 0.228 e. The van der Waals surface area contributed by atoms with Crippen molar-refractivity contribution < 1.29 is 0 Å². The maximum Gasteiger partial charge on any atom is 0.228 e. The second-order valence-corrected chi connectivity index (χ2v) is 5.72. The Kier molecular flexibility index (Phi) is 4.86. The molecule has 0 radical (unpaired) electrons. The Balaban J connectivity index is 2.03. The summed E-state index contributed by atoms with van der Waals surface area (Å²) in [5, 5.41) is 4.72. The van der Waals surface area contributed by atoms with E-state index in [1.54, 1.807) is 11.8 Å². The van der Waals surface area contributed by atoms with Crippen molar-refractivity contribution in [3.05, 3.63) is 5.28 Å². The fourth-order valence-corrected chi connectivity index (χ4v) is 3.31. The Labute approximate surface area is 111 Å². The monoisotopic (exact) mass is 272 g/mol. The Morgan fingerprint density at radius 1 is 1.24 bits per heavy atom. The van der Waals surface area contributed by atoms with E-state index in [-0.39, 0.29) is 5.28 Å². The number of thioether (sulfide) groups is 1. The lowest BCUT2D eigenvalue weighted by molar-refractivity contribution is 0.515. The average Bonchev–Trinajstić information content (AvgIpc) is 2.30. The van der Waals surface area contributed by atoms with Gasteiger partial charge in [-0.25, -0.2) is 0 Å². The normalized spacial score (nSPS) is 17.1. The molecule has 17 heavy (non-hydrogen) atoms. The maximum absolute atomic E-state index is 5.89. The minimum absolute atomic E-state index is 0.272. The molecule has 1 heterocycles. The second-order valence-electron chi connectivity index (χ2n) is 4.12. The van der Waals surface area contributed by atoms with Crippen molar-refractivity contribution in [2.45, 2.75) is 49.4 Å². The van der Waals surface area contributed by atoms with Gasteiger partial charge in [0.05, 0.1) is 0 Å². The predicted molar refractivity (Wildman–Crippen MR) is 71.7 cm³/mol. The third-order valence-corrected chi connectivity index (χ3v) is 4.11. The maximum atomic E-state index is 5.89. The first kappa shape index (κ1) is 12.9. The van der Waals surface area contributed by atoms with Gasteiger partial charge in [-0.1, -0.05) is 31.0 Å². The molecule has 1 fully saturated rings. The molecular formula is C11H17ClN4S. The summed E-state index contributed by atoms with van der Waals surface area (Å²) in [4.78, 5) is 12.6. The Morgan fingerprint density at radius 3 is 2.71 bits per heavy atom. The van der Waals surface area contributed by atoms with E-state index in [9.17, 15) is 0 Å². The molecule has 4 nitrogen and oxygen atoms in total. The average molecular weight is 273 g/mol. The minimum atomic E-state index is 0.272. The number of rotatable bonds is 4. The molecule has 1 N–H and O–H groups in total. The molecule has 0 saturated heterocycles. The zero-order valence-corrected chi connectivity index (χ0v) is 11.5. The van der Waals surface area contributed by atoms with E-state index in [1.807, 2.05) is 6.92 Å². The molecule has 1 aliphatic rings. The van der Waals surface area contributed by atoms with Crippen molar-refractivity contribution >= 4 is 29.3 Å². The van der Waals surface area contributed by atoms with E-state index < -0.39 is 0 Å². The molecule has 94 valence electrons. The third kappa shape index (κ3) is 4.00. The summed E-state index contributed by atoms with van der Waals surface area (Å²) in [5.41, 5.74) is 0. The number of anilines is 1. The van der Waals surface area contributed by atoms with Gasteiger partial charge in [0.2, 0.25) is 11.2 Å². The molecule has 0 unspecified atom stereocenters. The number of nitrogens with one attached hydrogen (secondary N) is 1. The van der Waals surface area contributed by atoms with Gasteiger partial charge >= 0.3 is 0 Å². The van der Waals surface area contributed by atoms with Gasteiger partial charge in [0.15, 0.2) is 5.16 Å². The fraction of sp³-hybridized carbons (Fsp3) is 0.727. The van der Waals surface area contributed by atoms with Gasteiger partial charge in [0, 0.05) is 11.8 Å². The lowest BCUT2D eigenvalue weighted by atomic mass is 10.0. The number of nitrogens with zero attached hydrogens (tertiary/aromatic N) is 3. The second kappa shape index (κ2) is 6.40. The number of hydrogen-bond donors (Lipinski definition) is 1. The quantitative estimate of drug-likeness (QED) is 0.911. The van der Waals surface area contributed by atoms with Crippen molar-refractivity contribution in [1.82, 2.24) is 15.0 Å². The van der Waals surface area contributed by atoms with Gasteiger partial charge in [-0.15, -0.1) is 0 Å². The molecule has 0 atom stereocenters. The van der Waals surface area contributed by atoms with Crippen LogP contribution < -0.4 is 5.32 Å². The predicted octanol–water partition coefficient (Wildman–Crippen LogP) is 3.38. The van der Waals surface area contributed by atoms with Crippen molar-refractivity contribution in [2.24, 2.45) is 0 Å². The highest BCUT2D eigenvalue weighted by atomic mass is 35.5. The summed E-state index contributed by atoms with van der Waals surface area (Å²) in [5.74, 6) is 0.575. The van der Waals surface area contributed by atoms with Crippen LogP contribution in [-0.4, -0.2) is 26.7 Å². The van der Waals surface area contributed by atoms with Gasteiger partial charge < -0.3 is 5.32 Å². The highest BCUT2D eigenvalue weighted by Gasteiger charge is 2.17. The molecule has 1 aromatic heterocycles. The van der Waals surface area contributed by atoms with Crippen molar-refractivity contribution in [1.29, 1.82) is 0 Å². The largest absolute Gasteiger partial charge is 0.354 e. The summed E-state index contributed by atoms with van der Waals surface area (Å²) >= 11 is 7.62. The summed E-state index contributed by atoms with van der Waals surface area (Å²) in [6.07, 6.45) is 6.50. The first-order valence-electron chi connectivity index (χ1n) is 6.10. The summed E-state index contributed by atoms with van der Waals surface area (Å²) < 4.78 is 0. The Hall–Kier alpha value is -0.550. The van der Waals surface area contributed by atoms with Crippen LogP contribution in [0.1, 0.15) is 39.0 Å². The molecule has 6 heteroatoms. The lowest BCUT2D eigenvalue weighted by Crippen LogP contribution is -2.10. The highest BCUT2D eigenvalue weighted by Crippen LogP contribution is 2.32. The zero-order chi connectivity index (χ0) is 12.1. The van der Waals surface area contributed by atoms with Crippen molar-refractivity contribution in [2.75, 3.05) is 11.9 Å². The summed E-state index contributed by atoms with van der Waals surface area (Å²) in [6.45, 7) is 2.79. The van der Waals surface area contributed by atoms with E-state index >= 15 is 0 Å². The first-order chi connectivity index (χ1) is 8.28. The molecular weight excluding hydrogens is 256 g/mol.